The lowest BCUT2D eigenvalue weighted by Crippen LogP contribution is -2.30. The molecule has 1 rings (SSSR count). The number of carbonyl (C=O) groups is 1. The van der Waals surface area contributed by atoms with Crippen LogP contribution in [-0.4, -0.2) is 23.8 Å². The van der Waals surface area contributed by atoms with Gasteiger partial charge in [0.15, 0.2) is 0 Å². The van der Waals surface area contributed by atoms with Crippen LogP contribution in [0.1, 0.15) is 13.3 Å². The van der Waals surface area contributed by atoms with Gasteiger partial charge in [0.05, 0.1) is 5.60 Å². The van der Waals surface area contributed by atoms with Crippen LogP contribution in [0.5, 0.6) is 0 Å². The lowest BCUT2D eigenvalue weighted by Gasteiger charge is -2.30. The van der Waals surface area contributed by atoms with Gasteiger partial charge in [-0.2, -0.15) is 0 Å². The molecular weight excluding hydrogens is 194 g/mol. The number of ether oxygens (including phenoxy) is 1. The van der Waals surface area contributed by atoms with Gasteiger partial charge < -0.3 is 4.74 Å². The first kappa shape index (κ1) is 11.7. The van der Waals surface area contributed by atoms with Gasteiger partial charge in [0, 0.05) is 13.2 Å². The third kappa shape index (κ3) is 2.78. The van der Waals surface area contributed by atoms with E-state index in [0.717, 1.165) is 12.0 Å². The van der Waals surface area contributed by atoms with Crippen LogP contribution in [0.15, 0.2) is 36.0 Å². The molecule has 1 amide bonds. The van der Waals surface area contributed by atoms with Crippen molar-refractivity contribution in [2.75, 3.05) is 7.11 Å². The maximum absolute atomic E-state index is 10.8. The van der Waals surface area contributed by atoms with Gasteiger partial charge in [-0.15, -0.1) is 0 Å². The third-order valence-corrected chi connectivity index (χ3v) is 2.50. The van der Waals surface area contributed by atoms with Gasteiger partial charge in [0.1, 0.15) is 0 Å². The van der Waals surface area contributed by atoms with E-state index in [-0.39, 0.29) is 0 Å². The van der Waals surface area contributed by atoms with Crippen LogP contribution in [0, 0.1) is 0 Å². The maximum atomic E-state index is 10.8. The molecule has 0 saturated carbocycles. The summed E-state index contributed by atoms with van der Waals surface area (Å²) >= 11 is 0. The van der Waals surface area contributed by atoms with Gasteiger partial charge in [-0.3, -0.25) is 10.0 Å². The summed E-state index contributed by atoms with van der Waals surface area (Å²) in [6.45, 7) is 1.95. The summed E-state index contributed by atoms with van der Waals surface area (Å²) in [6.07, 6.45) is 9.47. The van der Waals surface area contributed by atoms with E-state index >= 15 is 0 Å². The molecule has 0 aromatic rings. The van der Waals surface area contributed by atoms with Crippen molar-refractivity contribution in [1.82, 2.24) is 5.48 Å². The molecule has 1 aliphatic rings. The summed E-state index contributed by atoms with van der Waals surface area (Å²) in [5, 5.41) is 8.34. The Morgan fingerprint density at radius 3 is 3.07 bits per heavy atom. The molecule has 1 aliphatic carbocycles. The summed E-state index contributed by atoms with van der Waals surface area (Å²) in [4.78, 5) is 10.8. The van der Waals surface area contributed by atoms with E-state index < -0.39 is 11.5 Å². The molecule has 4 heteroatoms. The molecule has 15 heavy (non-hydrogen) atoms. The average Bonchev–Trinajstić information content (AvgIpc) is 2.27. The van der Waals surface area contributed by atoms with E-state index in [1.54, 1.807) is 13.2 Å². The first-order chi connectivity index (χ1) is 7.12. The van der Waals surface area contributed by atoms with Gasteiger partial charge in [0.25, 0.3) is 5.91 Å². The van der Waals surface area contributed by atoms with Crippen LogP contribution in [0.3, 0.4) is 0 Å². The molecule has 1 unspecified atom stereocenters. The van der Waals surface area contributed by atoms with E-state index in [1.807, 2.05) is 25.2 Å². The predicted molar refractivity (Wildman–Crippen MR) is 56.3 cm³/mol. The second kappa shape index (κ2) is 4.91. The van der Waals surface area contributed by atoms with Crippen molar-refractivity contribution >= 4 is 5.91 Å². The van der Waals surface area contributed by atoms with Gasteiger partial charge in [0.2, 0.25) is 0 Å². The smallest absolute Gasteiger partial charge is 0.267 e. The van der Waals surface area contributed by atoms with Crippen LogP contribution in [-0.2, 0) is 9.53 Å². The maximum Gasteiger partial charge on any atom is 0.267 e. The van der Waals surface area contributed by atoms with Gasteiger partial charge in [-0.1, -0.05) is 24.3 Å². The van der Waals surface area contributed by atoms with Crippen molar-refractivity contribution in [3.63, 3.8) is 0 Å². The standard InChI is InChI=1S/C11H15NO3/c1-11(15-2)8-4-3-5-9(11)6-7-10(13)12-14/h3-7,14H,8H2,1-2H3,(H,12,13)/b7-6+. The SMILES string of the molecule is COC1(C)CC=CC=C1/C=C/C(=O)NO. The highest BCUT2D eigenvalue weighted by atomic mass is 16.5. The average molecular weight is 209 g/mol. The van der Waals surface area contributed by atoms with E-state index in [9.17, 15) is 4.79 Å². The molecule has 4 nitrogen and oxygen atoms in total. The number of carbonyl (C=O) groups excluding carboxylic acids is 1. The highest BCUT2D eigenvalue weighted by molar-refractivity contribution is 5.87. The summed E-state index contributed by atoms with van der Waals surface area (Å²) in [5.74, 6) is -0.552. The zero-order chi connectivity index (χ0) is 11.3. The Morgan fingerprint density at radius 1 is 1.73 bits per heavy atom. The molecule has 0 bridgehead atoms. The van der Waals surface area contributed by atoms with Gasteiger partial charge in [-0.25, -0.2) is 5.48 Å². The van der Waals surface area contributed by atoms with Crippen LogP contribution in [0.4, 0.5) is 0 Å². The van der Waals surface area contributed by atoms with Crippen molar-refractivity contribution in [1.29, 1.82) is 0 Å². The van der Waals surface area contributed by atoms with E-state index in [1.165, 1.54) is 11.6 Å². The Hall–Kier alpha value is -1.39. The van der Waals surface area contributed by atoms with Crippen molar-refractivity contribution < 1.29 is 14.7 Å². The van der Waals surface area contributed by atoms with E-state index in [4.69, 9.17) is 9.94 Å². The van der Waals surface area contributed by atoms with Gasteiger partial charge >= 0.3 is 0 Å². The number of hydrogen-bond donors (Lipinski definition) is 2. The number of methoxy groups -OCH3 is 1. The Morgan fingerprint density at radius 2 is 2.47 bits per heavy atom. The Bertz CT molecular complexity index is 331. The minimum atomic E-state index is -0.552. The second-order valence-electron chi connectivity index (χ2n) is 3.50. The molecule has 0 aromatic carbocycles. The first-order valence-electron chi connectivity index (χ1n) is 4.67. The fourth-order valence-corrected chi connectivity index (χ4v) is 1.39. The van der Waals surface area contributed by atoms with Crippen molar-refractivity contribution in [2.24, 2.45) is 0 Å². The lowest BCUT2D eigenvalue weighted by molar-refractivity contribution is -0.124. The number of hydroxylamine groups is 1. The minimum absolute atomic E-state index is 0.402. The van der Waals surface area contributed by atoms with E-state index in [0.29, 0.717) is 0 Å². The highest BCUT2D eigenvalue weighted by Crippen LogP contribution is 2.29. The zero-order valence-corrected chi connectivity index (χ0v) is 8.86. The van der Waals surface area contributed by atoms with Crippen molar-refractivity contribution in [3.05, 3.63) is 36.0 Å². The molecule has 0 fully saturated rings. The highest BCUT2D eigenvalue weighted by Gasteiger charge is 2.27. The Labute approximate surface area is 88.9 Å². The number of amides is 1. The fourth-order valence-electron chi connectivity index (χ4n) is 1.39. The zero-order valence-electron chi connectivity index (χ0n) is 8.86. The number of allylic oxidation sites excluding steroid dienone is 2. The molecule has 0 radical (unpaired) electrons. The Kier molecular flexibility index (Phi) is 3.82. The Balaban J connectivity index is 2.82. The van der Waals surface area contributed by atoms with Gasteiger partial charge in [-0.05, 0) is 18.9 Å². The van der Waals surface area contributed by atoms with Crippen LogP contribution in [0.2, 0.25) is 0 Å². The number of nitrogens with one attached hydrogen (secondary N) is 1. The molecule has 1 atom stereocenters. The van der Waals surface area contributed by atoms with Crippen LogP contribution < -0.4 is 5.48 Å². The predicted octanol–water partition coefficient (Wildman–Crippen LogP) is 1.34. The third-order valence-electron chi connectivity index (χ3n) is 2.50. The van der Waals surface area contributed by atoms with Crippen molar-refractivity contribution in [3.8, 4) is 0 Å². The molecule has 0 aliphatic heterocycles. The summed E-state index contributed by atoms with van der Waals surface area (Å²) in [6, 6.07) is 0. The van der Waals surface area contributed by atoms with E-state index in [2.05, 4.69) is 0 Å². The molecular formula is C11H15NO3. The molecule has 0 spiro atoms. The summed E-state index contributed by atoms with van der Waals surface area (Å²) < 4.78 is 5.39. The monoisotopic (exact) mass is 209 g/mol. The topological polar surface area (TPSA) is 58.6 Å². The van der Waals surface area contributed by atoms with Crippen molar-refractivity contribution in [2.45, 2.75) is 18.9 Å². The van der Waals surface area contributed by atoms with Crippen LogP contribution >= 0.6 is 0 Å². The number of rotatable bonds is 3. The normalized spacial score (nSPS) is 25.4. The molecule has 82 valence electrons. The number of hydrogen-bond acceptors (Lipinski definition) is 3. The minimum Gasteiger partial charge on any atom is -0.373 e. The van der Waals surface area contributed by atoms with Crippen LogP contribution in [0.25, 0.3) is 0 Å². The second-order valence-corrected chi connectivity index (χ2v) is 3.50. The largest absolute Gasteiger partial charge is 0.373 e. The summed E-state index contributed by atoms with van der Waals surface area (Å²) in [5.41, 5.74) is 2.04. The molecule has 0 heterocycles. The molecule has 0 saturated heterocycles. The lowest BCUT2D eigenvalue weighted by atomic mass is 9.88. The molecule has 0 aromatic heterocycles. The summed E-state index contributed by atoms with van der Waals surface area (Å²) in [7, 11) is 1.63. The molecule has 2 N–H and O–H groups in total. The fraction of sp³-hybridized carbons (Fsp3) is 0.364. The quantitative estimate of drug-likeness (QED) is 0.419. The first-order valence-corrected chi connectivity index (χ1v) is 4.67.